The quantitative estimate of drug-likeness (QED) is 0.313. The molecule has 29 heavy (non-hydrogen) atoms. The van der Waals surface area contributed by atoms with Gasteiger partial charge in [-0.25, -0.2) is 0 Å². The molecule has 0 saturated carbocycles. The third-order valence-corrected chi connectivity index (χ3v) is 5.32. The van der Waals surface area contributed by atoms with Gasteiger partial charge in [0, 0.05) is 0 Å². The van der Waals surface area contributed by atoms with Gasteiger partial charge in [-0.2, -0.15) is 13.3 Å². The van der Waals surface area contributed by atoms with Gasteiger partial charge in [0.25, 0.3) is 0 Å². The zero-order valence-corrected chi connectivity index (χ0v) is 23.0. The Bertz CT molecular complexity index is 467. The summed E-state index contributed by atoms with van der Waals surface area (Å²) in [6.07, 6.45) is 0. The second-order valence-electron chi connectivity index (χ2n) is 8.63. The molecule has 0 spiro atoms. The Labute approximate surface area is 195 Å². The average molecular weight is 489 g/mol. The van der Waals surface area contributed by atoms with Crippen molar-refractivity contribution in [2.75, 3.05) is 0 Å². The molecular formula is C22H42Cl2FeN4-2. The van der Waals surface area contributed by atoms with Crippen molar-refractivity contribution in [3.05, 3.63) is 36.1 Å². The molecule has 0 N–H and O–H groups in total. The Kier molecular flexibility index (Phi) is 13.1. The second kappa shape index (κ2) is 13.2. The molecule has 2 aliphatic heterocycles. The monoisotopic (exact) mass is 488 g/mol. The number of hydrogen-bond acceptors (Lipinski definition) is 4. The summed E-state index contributed by atoms with van der Waals surface area (Å²) in [5, 5.41) is 0. The van der Waals surface area contributed by atoms with Gasteiger partial charge >= 0.3 is 33.3 Å². The predicted molar refractivity (Wildman–Crippen MR) is 125 cm³/mol. The van der Waals surface area contributed by atoms with Crippen molar-refractivity contribution in [2.45, 2.75) is 107 Å². The van der Waals surface area contributed by atoms with Crippen molar-refractivity contribution in [3.8, 4) is 0 Å². The van der Waals surface area contributed by atoms with Gasteiger partial charge in [-0.1, -0.05) is 0 Å². The summed E-state index contributed by atoms with van der Waals surface area (Å²) in [7, 11) is 9.53. The Morgan fingerprint density at radius 2 is 0.655 bits per heavy atom. The van der Waals surface area contributed by atoms with E-state index in [1.807, 2.05) is 0 Å². The number of rotatable bonds is 4. The van der Waals surface area contributed by atoms with Crippen LogP contribution in [0.3, 0.4) is 0 Å². The van der Waals surface area contributed by atoms with Crippen LogP contribution in [0, 0.1) is 13.3 Å². The van der Waals surface area contributed by atoms with E-state index >= 15 is 0 Å². The standard InChI is InChI=1S/2C11H21N2.2ClH.Fe/c2*1-8(2)12-7-13(9(3)4)11(6)10(12)5;;;/h2*7-9H,1-6H3;2*1H;/q2*-1;;;+2/p-2. The third-order valence-electron chi connectivity index (χ3n) is 5.32. The fraction of sp³-hybridized carbons (Fsp3) is 0.727. The van der Waals surface area contributed by atoms with Crippen molar-refractivity contribution in [1.82, 2.24) is 19.6 Å². The molecule has 0 aliphatic carbocycles. The SMILES string of the molecule is CC1=C(C)N(C(C)C)[CH-]N1C(C)C.CC1=C(C)N(C(C)C)[CH-]N1C(C)C.[Cl][Fe][Cl]. The Morgan fingerprint density at radius 3 is 0.724 bits per heavy atom. The molecule has 0 fully saturated rings. The first-order chi connectivity index (χ1) is 13.3. The van der Waals surface area contributed by atoms with Crippen LogP contribution < -0.4 is 0 Å². The molecule has 4 nitrogen and oxygen atoms in total. The van der Waals surface area contributed by atoms with Crippen LogP contribution in [0.15, 0.2) is 22.8 Å². The zero-order chi connectivity index (χ0) is 23.0. The first-order valence-electron chi connectivity index (χ1n) is 10.3. The summed E-state index contributed by atoms with van der Waals surface area (Å²) >= 11 is 0.194. The molecule has 7 heteroatoms. The molecule has 2 heterocycles. The Hall–Kier alpha value is -0.221. The van der Waals surface area contributed by atoms with E-state index < -0.39 is 0 Å². The average Bonchev–Trinajstić information content (AvgIpc) is 3.07. The first kappa shape index (κ1) is 28.8. The number of hydrogen-bond donors (Lipinski definition) is 0. The van der Waals surface area contributed by atoms with Crippen molar-refractivity contribution >= 4 is 20.2 Å². The van der Waals surface area contributed by atoms with Crippen LogP contribution in [0.2, 0.25) is 0 Å². The maximum absolute atomic E-state index is 4.76. The molecule has 0 unspecified atom stereocenters. The van der Waals surface area contributed by atoms with Gasteiger partial charge in [0.15, 0.2) is 0 Å². The topological polar surface area (TPSA) is 13.0 Å². The normalized spacial score (nSPS) is 17.3. The van der Waals surface area contributed by atoms with Gasteiger partial charge in [0.1, 0.15) is 0 Å². The van der Waals surface area contributed by atoms with Gasteiger partial charge < -0.3 is 19.6 Å². The minimum absolute atomic E-state index is 0.194. The minimum atomic E-state index is 0.194. The van der Waals surface area contributed by atoms with E-state index in [1.165, 1.54) is 22.8 Å². The Morgan fingerprint density at radius 1 is 0.517 bits per heavy atom. The molecule has 0 amide bonds. The fourth-order valence-corrected chi connectivity index (χ4v) is 3.44. The molecule has 0 aromatic carbocycles. The van der Waals surface area contributed by atoms with E-state index in [9.17, 15) is 0 Å². The molecule has 0 radical (unpaired) electrons. The zero-order valence-electron chi connectivity index (χ0n) is 20.4. The van der Waals surface area contributed by atoms with E-state index in [0.29, 0.717) is 24.2 Å². The van der Waals surface area contributed by atoms with E-state index in [0.717, 1.165) is 0 Å². The summed E-state index contributed by atoms with van der Waals surface area (Å²) < 4.78 is 0. The van der Waals surface area contributed by atoms with Crippen LogP contribution in [0.25, 0.3) is 0 Å². The van der Waals surface area contributed by atoms with Gasteiger partial charge in [-0.05, 0) is 130 Å². The van der Waals surface area contributed by atoms with E-state index in [4.69, 9.17) is 20.2 Å². The second-order valence-corrected chi connectivity index (χ2v) is 10.5. The molecule has 0 saturated heterocycles. The summed E-state index contributed by atoms with van der Waals surface area (Å²) in [5.74, 6) is 0. The van der Waals surface area contributed by atoms with Crippen LogP contribution in [-0.2, 0) is 13.1 Å². The summed E-state index contributed by atoms with van der Waals surface area (Å²) in [6, 6.07) is 2.22. The number of nitrogens with zero attached hydrogens (tertiary/aromatic N) is 4. The molecule has 0 aromatic heterocycles. The molecule has 2 rings (SSSR count). The molecule has 0 atom stereocenters. The molecule has 174 valence electrons. The van der Waals surface area contributed by atoms with Crippen LogP contribution in [0.1, 0.15) is 83.1 Å². The third kappa shape index (κ3) is 8.09. The van der Waals surface area contributed by atoms with Gasteiger partial charge in [-0.15, -0.1) is 0 Å². The number of halogens is 2. The number of allylic oxidation sites excluding steroid dienone is 4. The van der Waals surface area contributed by atoms with Gasteiger partial charge in [-0.3, -0.25) is 0 Å². The maximum atomic E-state index is 4.76. The van der Waals surface area contributed by atoms with Gasteiger partial charge in [0.05, 0.1) is 0 Å². The van der Waals surface area contributed by atoms with Crippen molar-refractivity contribution in [3.63, 3.8) is 0 Å². The van der Waals surface area contributed by atoms with E-state index in [-0.39, 0.29) is 13.1 Å². The Balaban J connectivity index is 0.000000477. The van der Waals surface area contributed by atoms with Crippen LogP contribution in [0.5, 0.6) is 0 Å². The first-order valence-corrected chi connectivity index (χ1v) is 13.4. The molecule has 0 bridgehead atoms. The van der Waals surface area contributed by atoms with Crippen LogP contribution in [0.4, 0.5) is 0 Å². The summed E-state index contributed by atoms with van der Waals surface area (Å²) in [4.78, 5) is 9.31. The van der Waals surface area contributed by atoms with E-state index in [2.05, 4.69) is 116 Å². The van der Waals surface area contributed by atoms with Gasteiger partial charge in [0.2, 0.25) is 0 Å². The van der Waals surface area contributed by atoms with Crippen molar-refractivity contribution in [2.24, 2.45) is 0 Å². The molecule has 0 aromatic rings. The van der Waals surface area contributed by atoms with E-state index in [1.54, 1.807) is 0 Å². The van der Waals surface area contributed by atoms with Crippen LogP contribution in [-0.4, -0.2) is 43.8 Å². The predicted octanol–water partition coefficient (Wildman–Crippen LogP) is 6.96. The molecular weight excluding hydrogens is 447 g/mol. The summed E-state index contributed by atoms with van der Waals surface area (Å²) in [6.45, 7) is 31.0. The van der Waals surface area contributed by atoms with Crippen molar-refractivity contribution in [1.29, 1.82) is 0 Å². The fourth-order valence-electron chi connectivity index (χ4n) is 3.44. The van der Waals surface area contributed by atoms with Crippen LogP contribution >= 0.6 is 20.2 Å². The summed E-state index contributed by atoms with van der Waals surface area (Å²) in [5.41, 5.74) is 5.51. The van der Waals surface area contributed by atoms with Crippen molar-refractivity contribution < 1.29 is 13.1 Å². The molecule has 2 aliphatic rings.